The van der Waals surface area contributed by atoms with Crippen LogP contribution in [0.3, 0.4) is 0 Å². The van der Waals surface area contributed by atoms with Crippen molar-refractivity contribution in [2.75, 3.05) is 5.32 Å². The van der Waals surface area contributed by atoms with E-state index in [1.54, 1.807) is 11.3 Å². The molecule has 106 valence electrons. The molecule has 1 heterocycles. The van der Waals surface area contributed by atoms with E-state index in [9.17, 15) is 4.79 Å². The van der Waals surface area contributed by atoms with Crippen molar-refractivity contribution in [3.05, 3.63) is 64.0 Å². The van der Waals surface area contributed by atoms with Gasteiger partial charge in [0.25, 0.3) is 5.91 Å². The predicted molar refractivity (Wildman–Crippen MR) is 90.4 cm³/mol. The summed E-state index contributed by atoms with van der Waals surface area (Å²) in [6, 6.07) is 14.2. The highest BCUT2D eigenvalue weighted by atomic mass is 32.1. The molecule has 0 aliphatic rings. The highest BCUT2D eigenvalue weighted by molar-refractivity contribution is 7.21. The van der Waals surface area contributed by atoms with E-state index in [2.05, 4.69) is 23.5 Å². The number of amides is 1. The van der Waals surface area contributed by atoms with E-state index in [-0.39, 0.29) is 5.91 Å². The minimum Gasteiger partial charge on any atom is -0.321 e. The largest absolute Gasteiger partial charge is 0.321 e. The molecule has 21 heavy (non-hydrogen) atoms. The van der Waals surface area contributed by atoms with Gasteiger partial charge in [-0.05, 0) is 55.0 Å². The lowest BCUT2D eigenvalue weighted by atomic mass is 10.1. The fourth-order valence-corrected chi connectivity index (χ4v) is 3.54. The van der Waals surface area contributed by atoms with Crippen LogP contribution in [-0.4, -0.2) is 5.91 Å². The summed E-state index contributed by atoms with van der Waals surface area (Å²) < 4.78 is 1.15. The molecule has 0 fully saturated rings. The average Bonchev–Trinajstić information content (AvgIpc) is 2.81. The van der Waals surface area contributed by atoms with Crippen LogP contribution >= 0.6 is 11.3 Å². The minimum absolute atomic E-state index is 0.0256. The molecule has 0 aliphatic carbocycles. The molecule has 3 rings (SSSR count). The monoisotopic (exact) mass is 295 g/mol. The van der Waals surface area contributed by atoms with Gasteiger partial charge in [0.15, 0.2) is 0 Å². The van der Waals surface area contributed by atoms with Gasteiger partial charge in [0.05, 0.1) is 4.88 Å². The van der Waals surface area contributed by atoms with Crippen molar-refractivity contribution in [1.82, 2.24) is 0 Å². The standard InChI is InChI=1S/C18H17NOS/c1-11-8-9-12(2)15(10-11)19-18(20)17-13(3)14-6-4-5-7-16(14)21-17/h4-10H,1-3H3,(H,19,20). The van der Waals surface area contributed by atoms with Crippen molar-refractivity contribution in [1.29, 1.82) is 0 Å². The normalized spacial score (nSPS) is 10.8. The Bertz CT molecular complexity index is 832. The molecular weight excluding hydrogens is 278 g/mol. The molecule has 0 unspecified atom stereocenters. The average molecular weight is 295 g/mol. The number of thiophene rings is 1. The Morgan fingerprint density at radius 3 is 2.57 bits per heavy atom. The van der Waals surface area contributed by atoms with E-state index >= 15 is 0 Å². The van der Waals surface area contributed by atoms with E-state index in [0.717, 1.165) is 37.3 Å². The molecule has 0 saturated heterocycles. The number of carbonyl (C=O) groups is 1. The maximum absolute atomic E-state index is 12.6. The summed E-state index contributed by atoms with van der Waals surface area (Å²) in [7, 11) is 0. The van der Waals surface area contributed by atoms with Crippen molar-refractivity contribution in [2.45, 2.75) is 20.8 Å². The number of rotatable bonds is 2. The quantitative estimate of drug-likeness (QED) is 0.702. The third-order valence-corrected chi connectivity index (χ3v) is 4.96. The van der Waals surface area contributed by atoms with Gasteiger partial charge in [0.2, 0.25) is 0 Å². The number of hydrogen-bond acceptors (Lipinski definition) is 2. The molecule has 0 atom stereocenters. The predicted octanol–water partition coefficient (Wildman–Crippen LogP) is 5.08. The Morgan fingerprint density at radius 1 is 1.05 bits per heavy atom. The summed E-state index contributed by atoms with van der Waals surface area (Å²) in [6.07, 6.45) is 0. The zero-order valence-corrected chi connectivity index (χ0v) is 13.2. The molecular formula is C18H17NOS. The Labute approximate surface area is 128 Å². The number of anilines is 1. The van der Waals surface area contributed by atoms with Crippen LogP contribution < -0.4 is 5.32 Å². The summed E-state index contributed by atoms with van der Waals surface area (Å²) in [5, 5.41) is 4.20. The zero-order valence-electron chi connectivity index (χ0n) is 12.4. The SMILES string of the molecule is Cc1ccc(C)c(NC(=O)c2sc3ccccc3c2C)c1. The van der Waals surface area contributed by atoms with Gasteiger partial charge in [-0.2, -0.15) is 0 Å². The molecule has 0 aliphatic heterocycles. The molecule has 0 spiro atoms. The molecule has 1 N–H and O–H groups in total. The van der Waals surface area contributed by atoms with Gasteiger partial charge in [-0.3, -0.25) is 4.79 Å². The van der Waals surface area contributed by atoms with Crippen LogP contribution in [0.4, 0.5) is 5.69 Å². The number of aryl methyl sites for hydroxylation is 3. The Balaban J connectivity index is 1.97. The van der Waals surface area contributed by atoms with Crippen LogP contribution in [0.25, 0.3) is 10.1 Å². The van der Waals surface area contributed by atoms with Crippen molar-refractivity contribution < 1.29 is 4.79 Å². The second-order valence-corrected chi connectivity index (χ2v) is 6.38. The van der Waals surface area contributed by atoms with E-state index in [1.807, 2.05) is 45.0 Å². The molecule has 0 radical (unpaired) electrons. The molecule has 2 aromatic carbocycles. The van der Waals surface area contributed by atoms with Gasteiger partial charge in [-0.1, -0.05) is 30.3 Å². The summed E-state index contributed by atoms with van der Waals surface area (Å²) in [5.41, 5.74) is 4.16. The number of fused-ring (bicyclic) bond motifs is 1. The summed E-state index contributed by atoms with van der Waals surface area (Å²) >= 11 is 1.55. The van der Waals surface area contributed by atoms with Gasteiger partial charge in [0, 0.05) is 10.4 Å². The third kappa shape index (κ3) is 2.57. The van der Waals surface area contributed by atoms with Crippen molar-refractivity contribution >= 4 is 33.0 Å². The van der Waals surface area contributed by atoms with Crippen LogP contribution in [0.2, 0.25) is 0 Å². The topological polar surface area (TPSA) is 29.1 Å². The minimum atomic E-state index is -0.0256. The van der Waals surface area contributed by atoms with E-state index in [0.29, 0.717) is 0 Å². The van der Waals surface area contributed by atoms with Crippen LogP contribution in [0.5, 0.6) is 0 Å². The smallest absolute Gasteiger partial charge is 0.266 e. The molecule has 2 nitrogen and oxygen atoms in total. The summed E-state index contributed by atoms with van der Waals surface area (Å²) in [6.45, 7) is 6.05. The molecule has 1 amide bonds. The lowest BCUT2D eigenvalue weighted by molar-refractivity contribution is 0.103. The maximum Gasteiger partial charge on any atom is 0.266 e. The molecule has 0 bridgehead atoms. The highest BCUT2D eigenvalue weighted by Crippen LogP contribution is 2.31. The molecule has 3 aromatic rings. The van der Waals surface area contributed by atoms with Crippen LogP contribution in [0.1, 0.15) is 26.4 Å². The first-order chi connectivity index (χ1) is 10.1. The van der Waals surface area contributed by atoms with Crippen molar-refractivity contribution in [3.63, 3.8) is 0 Å². The second kappa shape index (κ2) is 5.34. The fraction of sp³-hybridized carbons (Fsp3) is 0.167. The maximum atomic E-state index is 12.6. The fourth-order valence-electron chi connectivity index (χ4n) is 2.44. The highest BCUT2D eigenvalue weighted by Gasteiger charge is 2.15. The third-order valence-electron chi connectivity index (χ3n) is 3.69. The molecule has 3 heteroatoms. The first-order valence-corrected chi connectivity index (χ1v) is 7.74. The zero-order chi connectivity index (χ0) is 15.0. The molecule has 0 saturated carbocycles. The molecule has 1 aromatic heterocycles. The van der Waals surface area contributed by atoms with Gasteiger partial charge >= 0.3 is 0 Å². The van der Waals surface area contributed by atoms with Crippen molar-refractivity contribution in [3.8, 4) is 0 Å². The van der Waals surface area contributed by atoms with Gasteiger partial charge < -0.3 is 5.32 Å². The van der Waals surface area contributed by atoms with Gasteiger partial charge in [0.1, 0.15) is 0 Å². The first-order valence-electron chi connectivity index (χ1n) is 6.93. The van der Waals surface area contributed by atoms with E-state index in [4.69, 9.17) is 0 Å². The Hall–Kier alpha value is -2.13. The van der Waals surface area contributed by atoms with E-state index in [1.165, 1.54) is 0 Å². The van der Waals surface area contributed by atoms with E-state index < -0.39 is 0 Å². The summed E-state index contributed by atoms with van der Waals surface area (Å²) in [4.78, 5) is 13.4. The van der Waals surface area contributed by atoms with Crippen LogP contribution in [0.15, 0.2) is 42.5 Å². The summed E-state index contributed by atoms with van der Waals surface area (Å²) in [5.74, 6) is -0.0256. The van der Waals surface area contributed by atoms with Crippen LogP contribution in [0, 0.1) is 20.8 Å². The van der Waals surface area contributed by atoms with Gasteiger partial charge in [-0.15, -0.1) is 11.3 Å². The number of hydrogen-bond donors (Lipinski definition) is 1. The number of benzene rings is 2. The Morgan fingerprint density at radius 2 is 1.81 bits per heavy atom. The Kier molecular flexibility index (Phi) is 3.52. The lowest BCUT2D eigenvalue weighted by Crippen LogP contribution is -2.12. The van der Waals surface area contributed by atoms with Gasteiger partial charge in [-0.25, -0.2) is 0 Å². The van der Waals surface area contributed by atoms with Crippen molar-refractivity contribution in [2.24, 2.45) is 0 Å². The number of carbonyl (C=O) groups excluding carboxylic acids is 1. The number of nitrogens with one attached hydrogen (secondary N) is 1. The first kappa shape index (κ1) is 13.8. The lowest BCUT2D eigenvalue weighted by Gasteiger charge is -2.09. The second-order valence-electron chi connectivity index (χ2n) is 5.32. The van der Waals surface area contributed by atoms with Crippen LogP contribution in [-0.2, 0) is 0 Å².